The van der Waals surface area contributed by atoms with E-state index in [0.717, 1.165) is 38.5 Å². The Morgan fingerprint density at radius 1 is 0.293 bits per heavy atom. The number of carbonyl (C=O) groups is 2. The van der Waals surface area contributed by atoms with E-state index in [4.69, 9.17) is 4.74 Å². The zero-order chi connectivity index (χ0) is 59.2. The van der Waals surface area contributed by atoms with Crippen molar-refractivity contribution in [2.45, 2.75) is 463 Å². The molecule has 0 aromatic heterocycles. The topological polar surface area (TPSA) is 95.9 Å². The Labute approximate surface area is 515 Å². The Bertz CT molecular complexity index is 1200. The van der Waals surface area contributed by atoms with Gasteiger partial charge in [0.25, 0.3) is 0 Å². The van der Waals surface area contributed by atoms with Crippen LogP contribution in [-0.2, 0) is 14.3 Å². The summed E-state index contributed by atoms with van der Waals surface area (Å²) in [6, 6.07) is -0.536. The van der Waals surface area contributed by atoms with E-state index in [0.29, 0.717) is 25.9 Å². The molecule has 0 aromatic carbocycles. The Morgan fingerprint density at radius 2 is 0.500 bits per heavy atom. The van der Waals surface area contributed by atoms with Crippen LogP contribution in [0.4, 0.5) is 0 Å². The highest BCUT2D eigenvalue weighted by atomic mass is 16.5. The Balaban J connectivity index is 3.28. The molecule has 6 heteroatoms. The molecule has 0 rings (SSSR count). The molecule has 0 aliphatic rings. The van der Waals surface area contributed by atoms with Gasteiger partial charge < -0.3 is 20.3 Å². The van der Waals surface area contributed by atoms with E-state index in [1.807, 2.05) is 0 Å². The number of rotatable bonds is 73. The van der Waals surface area contributed by atoms with Gasteiger partial charge in [0.15, 0.2) is 0 Å². The fourth-order valence-electron chi connectivity index (χ4n) is 12.6. The molecule has 0 saturated carbocycles. The summed E-state index contributed by atoms with van der Waals surface area (Å²) in [6.45, 7) is 5.01. The zero-order valence-electron chi connectivity index (χ0n) is 56.3. The van der Waals surface area contributed by atoms with Crippen LogP contribution in [0.5, 0.6) is 0 Å². The average molecular weight is 1160 g/mol. The lowest BCUT2D eigenvalue weighted by molar-refractivity contribution is -0.143. The SMILES string of the molecule is CCCCCCCCCCCCCCCCCCCCCC(=O)OCCCCCCCCCCCCCCCCCCCCCCCCCCCCCCCCCCC(=O)NC(CO)C(O)CCCCCCCCCCCCCCCC. The molecule has 0 fully saturated rings. The predicted octanol–water partition coefficient (Wildman–Crippen LogP) is 24.9. The highest BCUT2D eigenvalue weighted by Gasteiger charge is 2.20. The summed E-state index contributed by atoms with van der Waals surface area (Å²) in [5.41, 5.74) is 0. The van der Waals surface area contributed by atoms with Crippen LogP contribution in [0.1, 0.15) is 450 Å². The van der Waals surface area contributed by atoms with Gasteiger partial charge in [0.2, 0.25) is 5.91 Å². The minimum absolute atomic E-state index is 0.0267. The number of ether oxygens (including phenoxy) is 1. The zero-order valence-corrected chi connectivity index (χ0v) is 56.3. The van der Waals surface area contributed by atoms with Crippen molar-refractivity contribution >= 4 is 11.9 Å². The van der Waals surface area contributed by atoms with Crippen molar-refractivity contribution in [1.82, 2.24) is 5.32 Å². The van der Waals surface area contributed by atoms with E-state index < -0.39 is 12.1 Å². The summed E-state index contributed by atoms with van der Waals surface area (Å²) in [7, 11) is 0. The third kappa shape index (κ3) is 68.0. The van der Waals surface area contributed by atoms with Gasteiger partial charge in [0.05, 0.1) is 25.4 Å². The number of unbranched alkanes of at least 4 members (excludes halogenated alkanes) is 62. The first-order chi connectivity index (χ1) is 40.5. The van der Waals surface area contributed by atoms with Crippen molar-refractivity contribution in [2.24, 2.45) is 0 Å². The van der Waals surface area contributed by atoms with E-state index in [1.165, 1.54) is 379 Å². The number of carbonyl (C=O) groups excluding carboxylic acids is 2. The number of esters is 1. The van der Waals surface area contributed by atoms with Crippen LogP contribution >= 0.6 is 0 Å². The normalized spacial score (nSPS) is 12.4. The van der Waals surface area contributed by atoms with Crippen molar-refractivity contribution in [3.05, 3.63) is 0 Å². The molecule has 1 amide bonds. The molecule has 6 nitrogen and oxygen atoms in total. The standard InChI is InChI=1S/C76H151NO5/c1-3-5-7-9-11-13-15-17-19-20-35-39-42-46-50-54-58-62-66-70-76(81)82-71-67-63-59-55-51-47-43-40-37-34-32-30-28-26-24-22-21-23-25-27-29-31-33-36-38-41-45-49-53-57-61-65-69-75(80)77-73(72-78)74(79)68-64-60-56-52-48-44-18-16-14-12-10-8-6-4-2/h73-74,78-79H,3-72H2,1-2H3,(H,77,80). The molecule has 0 aromatic rings. The Kier molecular flexibility index (Phi) is 71.3. The number of amides is 1. The third-order valence-corrected chi connectivity index (χ3v) is 18.4. The Morgan fingerprint density at radius 3 is 0.744 bits per heavy atom. The van der Waals surface area contributed by atoms with Gasteiger partial charge in [-0.1, -0.05) is 412 Å². The predicted molar refractivity (Wildman–Crippen MR) is 361 cm³/mol. The molecular weight excluding hydrogens is 1010 g/mol. The number of nitrogens with one attached hydrogen (secondary N) is 1. The first-order valence-corrected chi connectivity index (χ1v) is 38.3. The second kappa shape index (κ2) is 72.3. The van der Waals surface area contributed by atoms with Crippen LogP contribution in [-0.4, -0.2) is 47.4 Å². The van der Waals surface area contributed by atoms with Crippen molar-refractivity contribution in [3.8, 4) is 0 Å². The number of aliphatic hydroxyl groups is 2. The van der Waals surface area contributed by atoms with E-state index in [1.54, 1.807) is 0 Å². The summed E-state index contributed by atoms with van der Waals surface area (Å²) < 4.78 is 5.52. The minimum atomic E-state index is -0.659. The molecule has 0 bridgehead atoms. The maximum absolute atomic E-state index is 12.5. The lowest BCUT2D eigenvalue weighted by atomic mass is 10.0. The van der Waals surface area contributed by atoms with Gasteiger partial charge in [-0.15, -0.1) is 0 Å². The summed E-state index contributed by atoms with van der Waals surface area (Å²) in [6.07, 6.45) is 89.0. The maximum atomic E-state index is 12.5. The van der Waals surface area contributed by atoms with Crippen LogP contribution < -0.4 is 5.32 Å². The smallest absolute Gasteiger partial charge is 0.305 e. The maximum Gasteiger partial charge on any atom is 0.305 e. The van der Waals surface area contributed by atoms with Gasteiger partial charge >= 0.3 is 5.97 Å². The molecule has 0 spiro atoms. The molecule has 3 N–H and O–H groups in total. The van der Waals surface area contributed by atoms with E-state index in [9.17, 15) is 19.8 Å². The summed E-state index contributed by atoms with van der Waals surface area (Å²) >= 11 is 0. The summed E-state index contributed by atoms with van der Waals surface area (Å²) in [4.78, 5) is 24.6. The van der Waals surface area contributed by atoms with Gasteiger partial charge in [-0.3, -0.25) is 9.59 Å². The lowest BCUT2D eigenvalue weighted by Gasteiger charge is -2.22. The lowest BCUT2D eigenvalue weighted by Crippen LogP contribution is -2.45. The second-order valence-corrected chi connectivity index (χ2v) is 26.7. The Hall–Kier alpha value is -1.14. The fraction of sp³-hybridized carbons (Fsp3) is 0.974. The second-order valence-electron chi connectivity index (χ2n) is 26.7. The highest BCUT2D eigenvalue weighted by Crippen LogP contribution is 2.20. The molecule has 0 heterocycles. The minimum Gasteiger partial charge on any atom is -0.466 e. The van der Waals surface area contributed by atoms with Crippen molar-refractivity contribution in [1.29, 1.82) is 0 Å². The van der Waals surface area contributed by atoms with Crippen LogP contribution in [0.25, 0.3) is 0 Å². The van der Waals surface area contributed by atoms with Crippen molar-refractivity contribution in [2.75, 3.05) is 13.2 Å². The van der Waals surface area contributed by atoms with Crippen molar-refractivity contribution < 1.29 is 24.5 Å². The number of aliphatic hydroxyl groups excluding tert-OH is 2. The molecule has 490 valence electrons. The number of hydrogen-bond acceptors (Lipinski definition) is 5. The fourth-order valence-corrected chi connectivity index (χ4v) is 12.6. The molecule has 0 aliphatic carbocycles. The van der Waals surface area contributed by atoms with Crippen LogP contribution in [0.15, 0.2) is 0 Å². The third-order valence-electron chi connectivity index (χ3n) is 18.4. The number of hydrogen-bond donors (Lipinski definition) is 3. The molecule has 2 atom stereocenters. The molecule has 0 radical (unpaired) electrons. The van der Waals surface area contributed by atoms with E-state index in [2.05, 4.69) is 19.2 Å². The largest absolute Gasteiger partial charge is 0.466 e. The quantitative estimate of drug-likeness (QED) is 0.0417. The molecule has 2 unspecified atom stereocenters. The van der Waals surface area contributed by atoms with Crippen LogP contribution in [0, 0.1) is 0 Å². The van der Waals surface area contributed by atoms with Gasteiger partial charge in [-0.2, -0.15) is 0 Å². The van der Waals surface area contributed by atoms with Crippen LogP contribution in [0.3, 0.4) is 0 Å². The monoisotopic (exact) mass is 1160 g/mol. The summed E-state index contributed by atoms with van der Waals surface area (Å²) in [5.74, 6) is 0.000680. The van der Waals surface area contributed by atoms with E-state index >= 15 is 0 Å². The van der Waals surface area contributed by atoms with Gasteiger partial charge in [0, 0.05) is 12.8 Å². The molecule has 0 aliphatic heterocycles. The first kappa shape index (κ1) is 80.9. The first-order valence-electron chi connectivity index (χ1n) is 38.3. The van der Waals surface area contributed by atoms with Crippen molar-refractivity contribution in [3.63, 3.8) is 0 Å². The highest BCUT2D eigenvalue weighted by molar-refractivity contribution is 5.76. The van der Waals surface area contributed by atoms with E-state index in [-0.39, 0.29) is 18.5 Å². The van der Waals surface area contributed by atoms with Crippen LogP contribution in [0.2, 0.25) is 0 Å². The van der Waals surface area contributed by atoms with Gasteiger partial charge in [0.1, 0.15) is 0 Å². The molecular formula is C76H151NO5. The van der Waals surface area contributed by atoms with Gasteiger partial charge in [-0.25, -0.2) is 0 Å². The summed E-state index contributed by atoms with van der Waals surface area (Å²) in [5, 5.41) is 23.3. The average Bonchev–Trinajstić information content (AvgIpc) is 3.48. The van der Waals surface area contributed by atoms with Gasteiger partial charge in [-0.05, 0) is 25.7 Å². The molecule has 0 saturated heterocycles. The molecule has 82 heavy (non-hydrogen) atoms.